The number of aryl methyl sites for hydroxylation is 1. The van der Waals surface area contributed by atoms with Crippen molar-refractivity contribution in [2.24, 2.45) is 5.92 Å². The third kappa shape index (κ3) is 3.65. The van der Waals surface area contributed by atoms with Gasteiger partial charge in [0, 0.05) is 23.9 Å². The number of halogens is 1. The number of carbonyl (C=O) groups is 2. The van der Waals surface area contributed by atoms with E-state index in [1.165, 1.54) is 28.3 Å². The topological polar surface area (TPSA) is 46.6 Å². The molecule has 3 aromatic carbocycles. The maximum atomic E-state index is 14.4. The van der Waals surface area contributed by atoms with Crippen LogP contribution in [-0.4, -0.2) is 35.5 Å². The molecule has 2 atom stereocenters. The Morgan fingerprint density at radius 3 is 2.09 bits per heavy atom. The van der Waals surface area contributed by atoms with Crippen LogP contribution in [0.1, 0.15) is 58.6 Å². The van der Waals surface area contributed by atoms with Gasteiger partial charge in [0.05, 0.1) is 5.56 Å². The Morgan fingerprint density at radius 1 is 0.886 bits per heavy atom. The van der Waals surface area contributed by atoms with E-state index in [0.717, 1.165) is 12.8 Å². The van der Waals surface area contributed by atoms with E-state index in [9.17, 15) is 14.0 Å². The number of nitrogens with zero attached hydrogens (tertiary/aromatic N) is 1. The SMILES string of the molecule is Cc1cccc(F)c1C(=O)C1CC2CCC(C1)N2C(=O)OCC1c2ccccc2-c2ccccc21. The molecular formula is C30H28FNO3. The highest BCUT2D eigenvalue weighted by Gasteiger charge is 2.46. The van der Waals surface area contributed by atoms with Crippen LogP contribution in [0.5, 0.6) is 0 Å². The summed E-state index contributed by atoms with van der Waals surface area (Å²) in [6.07, 6.45) is 2.54. The first kappa shape index (κ1) is 22.0. The molecule has 0 saturated carbocycles. The van der Waals surface area contributed by atoms with E-state index in [0.29, 0.717) is 25.0 Å². The van der Waals surface area contributed by atoms with Gasteiger partial charge in [0.25, 0.3) is 0 Å². The molecule has 2 saturated heterocycles. The number of amides is 1. The Bertz CT molecular complexity index is 1240. The molecule has 3 aliphatic rings. The molecule has 0 aromatic heterocycles. The van der Waals surface area contributed by atoms with Gasteiger partial charge in [-0.2, -0.15) is 0 Å². The van der Waals surface area contributed by atoms with Crippen LogP contribution in [-0.2, 0) is 4.74 Å². The number of carbonyl (C=O) groups excluding carboxylic acids is 2. The van der Waals surface area contributed by atoms with Gasteiger partial charge in [-0.25, -0.2) is 9.18 Å². The normalized spacial score (nSPS) is 22.6. The molecule has 0 N–H and O–H groups in total. The predicted octanol–water partition coefficient (Wildman–Crippen LogP) is 6.51. The first-order chi connectivity index (χ1) is 17.0. The van der Waals surface area contributed by atoms with Crippen LogP contribution in [0.15, 0.2) is 66.7 Å². The molecule has 2 unspecified atom stereocenters. The molecule has 2 heterocycles. The van der Waals surface area contributed by atoms with Gasteiger partial charge in [0.15, 0.2) is 5.78 Å². The summed E-state index contributed by atoms with van der Waals surface area (Å²) in [4.78, 5) is 28.3. The average Bonchev–Trinajstić information content (AvgIpc) is 3.33. The minimum Gasteiger partial charge on any atom is -0.448 e. The minimum atomic E-state index is -0.457. The molecular weight excluding hydrogens is 441 g/mol. The first-order valence-electron chi connectivity index (χ1n) is 12.5. The molecule has 2 fully saturated rings. The quantitative estimate of drug-likeness (QED) is 0.409. The number of ether oxygens (including phenoxy) is 1. The number of benzene rings is 3. The van der Waals surface area contributed by atoms with Gasteiger partial charge >= 0.3 is 6.09 Å². The summed E-state index contributed by atoms with van der Waals surface area (Å²) in [6, 6.07) is 21.3. The highest BCUT2D eigenvalue weighted by molar-refractivity contribution is 5.99. The fraction of sp³-hybridized carbons (Fsp3) is 0.333. The third-order valence-electron chi connectivity index (χ3n) is 8.12. The maximum Gasteiger partial charge on any atom is 0.410 e. The number of fused-ring (bicyclic) bond motifs is 5. The summed E-state index contributed by atoms with van der Waals surface area (Å²) in [5.41, 5.74) is 5.65. The van der Waals surface area contributed by atoms with Crippen molar-refractivity contribution in [3.8, 4) is 11.1 Å². The van der Waals surface area contributed by atoms with Crippen molar-refractivity contribution >= 4 is 11.9 Å². The molecule has 2 aliphatic heterocycles. The van der Waals surface area contributed by atoms with Gasteiger partial charge in [0.2, 0.25) is 0 Å². The summed E-state index contributed by atoms with van der Waals surface area (Å²) in [5, 5.41) is 0. The van der Waals surface area contributed by atoms with E-state index in [2.05, 4.69) is 24.3 Å². The molecule has 0 radical (unpaired) electrons. The van der Waals surface area contributed by atoms with Crippen molar-refractivity contribution in [3.63, 3.8) is 0 Å². The molecule has 35 heavy (non-hydrogen) atoms. The molecule has 2 bridgehead atoms. The lowest BCUT2D eigenvalue weighted by Crippen LogP contribution is -2.48. The summed E-state index contributed by atoms with van der Waals surface area (Å²) in [6.45, 7) is 2.07. The van der Waals surface area contributed by atoms with Crippen LogP contribution in [0.4, 0.5) is 9.18 Å². The van der Waals surface area contributed by atoms with Crippen molar-refractivity contribution in [1.82, 2.24) is 4.90 Å². The van der Waals surface area contributed by atoms with E-state index in [1.807, 2.05) is 29.2 Å². The molecule has 1 aliphatic carbocycles. The third-order valence-corrected chi connectivity index (χ3v) is 8.12. The van der Waals surface area contributed by atoms with Gasteiger partial charge in [-0.15, -0.1) is 0 Å². The van der Waals surface area contributed by atoms with Gasteiger partial charge < -0.3 is 9.64 Å². The van der Waals surface area contributed by atoms with Crippen molar-refractivity contribution in [1.29, 1.82) is 0 Å². The van der Waals surface area contributed by atoms with Crippen LogP contribution in [0.2, 0.25) is 0 Å². The smallest absolute Gasteiger partial charge is 0.410 e. The summed E-state index contributed by atoms with van der Waals surface area (Å²) in [7, 11) is 0. The summed E-state index contributed by atoms with van der Waals surface area (Å²) < 4.78 is 20.3. The number of piperidine rings is 1. The molecule has 4 nitrogen and oxygen atoms in total. The standard InChI is InChI=1S/C30H28FNO3/c1-18-7-6-12-27(31)28(18)29(33)19-15-20-13-14-21(16-19)32(20)30(34)35-17-26-24-10-4-2-8-22(24)23-9-3-5-11-25(23)26/h2-12,19-21,26H,13-17H2,1H3. The minimum absolute atomic E-state index is 0.0205. The van der Waals surface area contributed by atoms with Crippen LogP contribution in [0, 0.1) is 18.7 Å². The van der Waals surface area contributed by atoms with Crippen molar-refractivity contribution in [2.45, 2.75) is 50.6 Å². The number of hydrogen-bond acceptors (Lipinski definition) is 3. The Morgan fingerprint density at radius 2 is 1.49 bits per heavy atom. The Balaban J connectivity index is 1.16. The van der Waals surface area contributed by atoms with E-state index < -0.39 is 5.82 Å². The van der Waals surface area contributed by atoms with Gasteiger partial charge in [-0.3, -0.25) is 4.79 Å². The molecule has 1 amide bonds. The van der Waals surface area contributed by atoms with Crippen molar-refractivity contribution < 1.29 is 18.7 Å². The molecule has 3 aromatic rings. The van der Waals surface area contributed by atoms with E-state index in [4.69, 9.17) is 4.74 Å². The molecule has 5 heteroatoms. The Hall–Kier alpha value is -3.47. The lowest BCUT2D eigenvalue weighted by molar-refractivity contribution is 0.0504. The zero-order chi connectivity index (χ0) is 24.1. The maximum absolute atomic E-state index is 14.4. The second kappa shape index (κ2) is 8.63. The first-order valence-corrected chi connectivity index (χ1v) is 12.5. The number of Topliss-reactive ketones (excluding diaryl/α,β-unsaturated/α-hetero) is 1. The molecule has 178 valence electrons. The highest BCUT2D eigenvalue weighted by atomic mass is 19.1. The summed E-state index contributed by atoms with van der Waals surface area (Å²) >= 11 is 0. The van der Waals surface area contributed by atoms with Crippen LogP contribution >= 0.6 is 0 Å². The highest BCUT2D eigenvalue weighted by Crippen LogP contribution is 2.45. The van der Waals surface area contributed by atoms with Gasteiger partial charge in [-0.05, 0) is 66.5 Å². The Labute approximate surface area is 204 Å². The number of hydrogen-bond donors (Lipinski definition) is 0. The zero-order valence-corrected chi connectivity index (χ0v) is 19.7. The average molecular weight is 470 g/mol. The second-order valence-electron chi connectivity index (χ2n) is 10.1. The Kier molecular flexibility index (Phi) is 5.43. The second-order valence-corrected chi connectivity index (χ2v) is 10.1. The fourth-order valence-electron chi connectivity index (χ4n) is 6.51. The predicted molar refractivity (Wildman–Crippen MR) is 132 cm³/mol. The van der Waals surface area contributed by atoms with Gasteiger partial charge in [-0.1, -0.05) is 60.7 Å². The fourth-order valence-corrected chi connectivity index (χ4v) is 6.51. The van der Waals surface area contributed by atoms with Crippen molar-refractivity contribution in [3.05, 3.63) is 94.8 Å². The van der Waals surface area contributed by atoms with Crippen LogP contribution < -0.4 is 0 Å². The van der Waals surface area contributed by atoms with Gasteiger partial charge in [0.1, 0.15) is 12.4 Å². The van der Waals surface area contributed by atoms with E-state index in [-0.39, 0.29) is 41.4 Å². The largest absolute Gasteiger partial charge is 0.448 e. The van der Waals surface area contributed by atoms with Crippen LogP contribution in [0.3, 0.4) is 0 Å². The van der Waals surface area contributed by atoms with Crippen molar-refractivity contribution in [2.75, 3.05) is 6.61 Å². The van der Waals surface area contributed by atoms with Crippen LogP contribution in [0.25, 0.3) is 11.1 Å². The number of ketones is 1. The van der Waals surface area contributed by atoms with E-state index >= 15 is 0 Å². The molecule has 0 spiro atoms. The molecule has 6 rings (SSSR count). The lowest BCUT2D eigenvalue weighted by atomic mass is 9.83. The monoisotopic (exact) mass is 469 g/mol. The number of rotatable bonds is 4. The lowest BCUT2D eigenvalue weighted by Gasteiger charge is -2.38. The van der Waals surface area contributed by atoms with E-state index in [1.54, 1.807) is 19.1 Å². The zero-order valence-electron chi connectivity index (χ0n) is 19.7. The summed E-state index contributed by atoms with van der Waals surface area (Å²) in [5.74, 6) is -0.834.